The molecular weight excluding hydrogens is 238 g/mol. The summed E-state index contributed by atoms with van der Waals surface area (Å²) in [5.74, 6) is -0.448. The van der Waals surface area contributed by atoms with Gasteiger partial charge in [0.05, 0.1) is 11.7 Å². The van der Waals surface area contributed by atoms with Crippen molar-refractivity contribution >= 4 is 11.9 Å². The molecule has 6 nitrogen and oxygen atoms in total. The molecule has 0 aromatic carbocycles. The second kappa shape index (κ2) is 4.45. The maximum absolute atomic E-state index is 12.2. The smallest absolute Gasteiger partial charge is 0.326 e. The summed E-state index contributed by atoms with van der Waals surface area (Å²) in [5, 5.41) is 18.6. The Labute approximate surface area is 104 Å². The first kappa shape index (κ1) is 12.6. The van der Waals surface area contributed by atoms with E-state index in [1.165, 1.54) is 4.90 Å². The van der Waals surface area contributed by atoms with Crippen LogP contribution in [0.25, 0.3) is 0 Å². The molecule has 2 atom stereocenters. The van der Waals surface area contributed by atoms with Gasteiger partial charge in [-0.2, -0.15) is 0 Å². The van der Waals surface area contributed by atoms with Crippen LogP contribution in [0.3, 0.4) is 0 Å². The van der Waals surface area contributed by atoms with Gasteiger partial charge in [-0.25, -0.2) is 4.79 Å². The van der Waals surface area contributed by atoms with Crippen LogP contribution >= 0.6 is 0 Å². The summed E-state index contributed by atoms with van der Waals surface area (Å²) in [6.45, 7) is 3.42. The van der Waals surface area contributed by atoms with Gasteiger partial charge >= 0.3 is 5.97 Å². The van der Waals surface area contributed by atoms with Crippen molar-refractivity contribution in [3.8, 4) is 0 Å². The minimum atomic E-state index is -1.10. The molecule has 1 amide bonds. The van der Waals surface area contributed by atoms with E-state index in [2.05, 4.69) is 0 Å². The number of aryl methyl sites for hydroxylation is 2. The van der Waals surface area contributed by atoms with Crippen molar-refractivity contribution in [2.45, 2.75) is 32.4 Å². The molecular formula is C12H15NO5. The van der Waals surface area contributed by atoms with Crippen LogP contribution in [-0.4, -0.2) is 45.7 Å². The summed E-state index contributed by atoms with van der Waals surface area (Å²) >= 11 is 0. The van der Waals surface area contributed by atoms with Crippen LogP contribution in [0.4, 0.5) is 0 Å². The molecule has 0 bridgehead atoms. The van der Waals surface area contributed by atoms with E-state index >= 15 is 0 Å². The SMILES string of the molecule is Cc1cc(C(=O)N2CC(O)CC2C(=O)O)c(C)o1. The molecule has 0 radical (unpaired) electrons. The molecule has 2 N–H and O–H groups in total. The van der Waals surface area contributed by atoms with Gasteiger partial charge in [0.1, 0.15) is 17.6 Å². The first-order valence-corrected chi connectivity index (χ1v) is 5.69. The Balaban J connectivity index is 2.28. The largest absolute Gasteiger partial charge is 0.480 e. The van der Waals surface area contributed by atoms with Gasteiger partial charge in [-0.15, -0.1) is 0 Å². The molecule has 0 spiro atoms. The highest BCUT2D eigenvalue weighted by Crippen LogP contribution is 2.23. The first-order chi connectivity index (χ1) is 8.40. The fourth-order valence-corrected chi connectivity index (χ4v) is 2.27. The maximum Gasteiger partial charge on any atom is 0.326 e. The standard InChI is InChI=1S/C12H15NO5/c1-6-3-9(7(2)18-6)11(15)13-5-8(14)4-10(13)12(16)17/h3,8,10,14H,4-5H2,1-2H3,(H,16,17). The topological polar surface area (TPSA) is 91.0 Å². The first-order valence-electron chi connectivity index (χ1n) is 5.69. The van der Waals surface area contributed by atoms with Crippen molar-refractivity contribution in [2.75, 3.05) is 6.54 Å². The van der Waals surface area contributed by atoms with Crippen LogP contribution in [0.15, 0.2) is 10.5 Å². The second-order valence-corrected chi connectivity index (χ2v) is 4.53. The number of aliphatic carboxylic acids is 1. The van der Waals surface area contributed by atoms with Crippen LogP contribution in [0.1, 0.15) is 28.3 Å². The fourth-order valence-electron chi connectivity index (χ4n) is 2.27. The molecule has 18 heavy (non-hydrogen) atoms. The Bertz CT molecular complexity index is 493. The molecule has 1 aromatic rings. The molecule has 1 fully saturated rings. The predicted octanol–water partition coefficient (Wildman–Crippen LogP) is 0.556. The number of β-amino-alcohol motifs (C(OH)–C–C–N with tert-alkyl or cyclic N) is 1. The summed E-state index contributed by atoms with van der Waals surface area (Å²) in [5.41, 5.74) is 0.354. The number of amides is 1. The van der Waals surface area contributed by atoms with Gasteiger partial charge in [0.25, 0.3) is 5.91 Å². The van der Waals surface area contributed by atoms with Gasteiger partial charge in [-0.05, 0) is 19.9 Å². The third-order valence-electron chi connectivity index (χ3n) is 3.10. The quantitative estimate of drug-likeness (QED) is 0.803. The lowest BCUT2D eigenvalue weighted by Crippen LogP contribution is -2.40. The van der Waals surface area contributed by atoms with E-state index in [-0.39, 0.29) is 13.0 Å². The number of carboxylic acids is 1. The minimum absolute atomic E-state index is 0.0411. The van der Waals surface area contributed by atoms with Crippen LogP contribution in [0, 0.1) is 13.8 Å². The summed E-state index contributed by atoms with van der Waals surface area (Å²) in [7, 11) is 0. The molecule has 1 aromatic heterocycles. The van der Waals surface area contributed by atoms with Crippen molar-refractivity contribution < 1.29 is 24.2 Å². The van der Waals surface area contributed by atoms with E-state index in [1.807, 2.05) is 0 Å². The van der Waals surface area contributed by atoms with Crippen LogP contribution in [0.2, 0.25) is 0 Å². The van der Waals surface area contributed by atoms with Gasteiger partial charge in [-0.3, -0.25) is 4.79 Å². The molecule has 2 unspecified atom stereocenters. The normalized spacial score (nSPS) is 23.4. The van der Waals surface area contributed by atoms with E-state index in [4.69, 9.17) is 9.52 Å². The number of rotatable bonds is 2. The second-order valence-electron chi connectivity index (χ2n) is 4.53. The van der Waals surface area contributed by atoms with Crippen molar-refractivity contribution in [1.29, 1.82) is 0 Å². The summed E-state index contributed by atoms with van der Waals surface area (Å²) < 4.78 is 5.26. The molecule has 6 heteroatoms. The number of carboxylic acid groups (broad SMARTS) is 1. The number of hydrogen-bond donors (Lipinski definition) is 2. The number of carbonyl (C=O) groups is 2. The highest BCUT2D eigenvalue weighted by atomic mass is 16.4. The molecule has 2 rings (SSSR count). The van der Waals surface area contributed by atoms with Crippen LogP contribution in [-0.2, 0) is 4.79 Å². The molecule has 1 aliphatic heterocycles. The van der Waals surface area contributed by atoms with Crippen LogP contribution in [0.5, 0.6) is 0 Å². The lowest BCUT2D eigenvalue weighted by molar-refractivity contribution is -0.141. The van der Waals surface area contributed by atoms with Crippen molar-refractivity contribution in [3.63, 3.8) is 0 Å². The maximum atomic E-state index is 12.2. The molecule has 2 heterocycles. The van der Waals surface area contributed by atoms with Crippen LogP contribution < -0.4 is 0 Å². The molecule has 1 aliphatic rings. The zero-order chi connectivity index (χ0) is 13.4. The molecule has 1 saturated heterocycles. The van der Waals surface area contributed by atoms with E-state index in [9.17, 15) is 14.7 Å². The van der Waals surface area contributed by atoms with Gasteiger partial charge in [0, 0.05) is 13.0 Å². The average molecular weight is 253 g/mol. The van der Waals surface area contributed by atoms with Gasteiger partial charge < -0.3 is 19.5 Å². The highest BCUT2D eigenvalue weighted by molar-refractivity contribution is 5.98. The molecule has 98 valence electrons. The Morgan fingerprint density at radius 2 is 2.11 bits per heavy atom. The molecule has 0 aliphatic carbocycles. The van der Waals surface area contributed by atoms with E-state index < -0.39 is 24.0 Å². The number of carbonyl (C=O) groups excluding carboxylic acids is 1. The highest BCUT2D eigenvalue weighted by Gasteiger charge is 2.40. The predicted molar refractivity (Wildman–Crippen MR) is 61.3 cm³/mol. The van der Waals surface area contributed by atoms with Gasteiger partial charge in [0.15, 0.2) is 0 Å². The monoisotopic (exact) mass is 253 g/mol. The zero-order valence-corrected chi connectivity index (χ0v) is 10.2. The van der Waals surface area contributed by atoms with E-state index in [0.717, 1.165) is 0 Å². The fraction of sp³-hybridized carbons (Fsp3) is 0.500. The number of nitrogens with zero attached hydrogens (tertiary/aromatic N) is 1. The number of furan rings is 1. The van der Waals surface area contributed by atoms with E-state index in [0.29, 0.717) is 17.1 Å². The Kier molecular flexibility index (Phi) is 3.13. The Morgan fingerprint density at radius 1 is 1.44 bits per heavy atom. The van der Waals surface area contributed by atoms with Crippen molar-refractivity contribution in [3.05, 3.63) is 23.2 Å². The number of aliphatic hydroxyl groups is 1. The minimum Gasteiger partial charge on any atom is -0.480 e. The van der Waals surface area contributed by atoms with Gasteiger partial charge in [0.2, 0.25) is 0 Å². The lowest BCUT2D eigenvalue weighted by Gasteiger charge is -2.20. The lowest BCUT2D eigenvalue weighted by atomic mass is 10.2. The number of hydrogen-bond acceptors (Lipinski definition) is 4. The third kappa shape index (κ3) is 2.11. The van der Waals surface area contributed by atoms with E-state index in [1.54, 1.807) is 19.9 Å². The zero-order valence-electron chi connectivity index (χ0n) is 10.2. The summed E-state index contributed by atoms with van der Waals surface area (Å²) in [6, 6.07) is 0.614. The third-order valence-corrected chi connectivity index (χ3v) is 3.10. The summed E-state index contributed by atoms with van der Waals surface area (Å²) in [4.78, 5) is 24.5. The van der Waals surface area contributed by atoms with Gasteiger partial charge in [-0.1, -0.05) is 0 Å². The average Bonchev–Trinajstić information content (AvgIpc) is 2.81. The Hall–Kier alpha value is -1.82. The Morgan fingerprint density at radius 3 is 2.61 bits per heavy atom. The van der Waals surface area contributed by atoms with Crippen molar-refractivity contribution in [1.82, 2.24) is 4.90 Å². The molecule has 0 saturated carbocycles. The van der Waals surface area contributed by atoms with Crippen molar-refractivity contribution in [2.24, 2.45) is 0 Å². The summed E-state index contributed by atoms with van der Waals surface area (Å²) in [6.07, 6.45) is -0.722. The number of aliphatic hydroxyl groups excluding tert-OH is 1. The number of likely N-dealkylation sites (tertiary alicyclic amines) is 1.